The maximum Gasteiger partial charge on any atom is 0.244 e. The van der Waals surface area contributed by atoms with Gasteiger partial charge in [-0.2, -0.15) is 4.31 Å². The van der Waals surface area contributed by atoms with E-state index in [0.29, 0.717) is 51.4 Å². The summed E-state index contributed by atoms with van der Waals surface area (Å²) >= 11 is 1.38. The van der Waals surface area contributed by atoms with E-state index in [1.165, 1.54) is 17.7 Å². The van der Waals surface area contributed by atoms with Gasteiger partial charge in [0.1, 0.15) is 27.6 Å². The largest absolute Gasteiger partial charge is 0.495 e. The number of sulfonamides is 1. The number of hydrogen-bond donors (Lipinski definition) is 1. The number of piperidine rings is 1. The fourth-order valence-electron chi connectivity index (χ4n) is 3.65. The molecule has 0 atom stereocenters. The van der Waals surface area contributed by atoms with E-state index in [1.54, 1.807) is 11.4 Å². The number of fused-ring (bicyclic) bond motifs is 1. The molecule has 0 amide bonds. The first-order valence-corrected chi connectivity index (χ1v) is 11.8. The van der Waals surface area contributed by atoms with Crippen molar-refractivity contribution in [3.63, 3.8) is 0 Å². The van der Waals surface area contributed by atoms with E-state index in [2.05, 4.69) is 22.2 Å². The van der Waals surface area contributed by atoms with Crippen LogP contribution in [-0.2, 0) is 10.0 Å². The van der Waals surface area contributed by atoms with Gasteiger partial charge in [0.15, 0.2) is 0 Å². The average Bonchev–Trinajstić information content (AvgIpc) is 3.06. The van der Waals surface area contributed by atoms with Gasteiger partial charge in [-0.1, -0.05) is 19.1 Å². The summed E-state index contributed by atoms with van der Waals surface area (Å²) in [5.41, 5.74) is 0.717. The number of nitrogens with one attached hydrogen (secondary N) is 1. The Morgan fingerprint density at radius 3 is 2.66 bits per heavy atom. The van der Waals surface area contributed by atoms with E-state index in [4.69, 9.17) is 4.74 Å². The lowest BCUT2D eigenvalue weighted by molar-refractivity contribution is 0.288. The van der Waals surface area contributed by atoms with Crippen LogP contribution in [0.15, 0.2) is 35.5 Å². The number of para-hydroxylation sites is 2. The van der Waals surface area contributed by atoms with Crippen molar-refractivity contribution >= 4 is 43.1 Å². The number of thiophene rings is 1. The van der Waals surface area contributed by atoms with Gasteiger partial charge in [-0.05, 0) is 37.8 Å². The zero-order valence-corrected chi connectivity index (χ0v) is 18.3. The van der Waals surface area contributed by atoms with Gasteiger partial charge < -0.3 is 10.1 Å². The standard InChI is InChI=1S/C20H24N4O3S2/c1-13-8-10-24(11-9-13)29(25,26)18-14(2)28-20-17(18)19(21-12-22-20)23-15-6-4-5-7-16(15)27-3/h4-7,12-13H,8-11H2,1-3H3,(H,21,22,23). The molecular weight excluding hydrogens is 408 g/mol. The maximum atomic E-state index is 13.5. The van der Waals surface area contributed by atoms with Crippen molar-refractivity contribution in [2.45, 2.75) is 31.6 Å². The molecule has 3 aromatic rings. The molecule has 0 radical (unpaired) electrons. The van der Waals surface area contributed by atoms with E-state index >= 15 is 0 Å². The lowest BCUT2D eigenvalue weighted by atomic mass is 10.0. The molecule has 1 fully saturated rings. The Morgan fingerprint density at radius 1 is 1.21 bits per heavy atom. The van der Waals surface area contributed by atoms with Crippen LogP contribution in [0.1, 0.15) is 24.6 Å². The highest BCUT2D eigenvalue weighted by Crippen LogP contribution is 2.40. The number of rotatable bonds is 5. The number of ether oxygens (including phenoxy) is 1. The van der Waals surface area contributed by atoms with Gasteiger partial charge in [-0.15, -0.1) is 11.3 Å². The van der Waals surface area contributed by atoms with E-state index in [1.807, 2.05) is 31.2 Å². The molecule has 3 heterocycles. The van der Waals surface area contributed by atoms with Crippen molar-refractivity contribution in [3.05, 3.63) is 35.5 Å². The first-order valence-electron chi connectivity index (χ1n) is 9.56. The highest BCUT2D eigenvalue weighted by Gasteiger charge is 2.33. The minimum absolute atomic E-state index is 0.310. The molecule has 1 saturated heterocycles. The second-order valence-electron chi connectivity index (χ2n) is 7.30. The quantitative estimate of drug-likeness (QED) is 0.651. The molecule has 0 bridgehead atoms. The lowest BCUT2D eigenvalue weighted by Crippen LogP contribution is -2.38. The molecule has 1 aliphatic heterocycles. The summed E-state index contributed by atoms with van der Waals surface area (Å²) in [6, 6.07) is 7.47. The SMILES string of the molecule is COc1ccccc1Nc1ncnc2sc(C)c(S(=O)(=O)N3CCC(C)CC3)c12. The Labute approximate surface area is 174 Å². The summed E-state index contributed by atoms with van der Waals surface area (Å²) in [5, 5.41) is 3.79. The van der Waals surface area contributed by atoms with E-state index < -0.39 is 10.0 Å². The molecular formula is C20H24N4O3S2. The van der Waals surface area contributed by atoms with Gasteiger partial charge in [-0.25, -0.2) is 18.4 Å². The second kappa shape index (κ2) is 7.89. The minimum atomic E-state index is -3.64. The van der Waals surface area contributed by atoms with Crippen LogP contribution in [0.3, 0.4) is 0 Å². The number of nitrogens with zero attached hydrogens (tertiary/aromatic N) is 3. The molecule has 154 valence electrons. The Balaban J connectivity index is 1.82. The molecule has 4 rings (SSSR count). The van der Waals surface area contributed by atoms with Crippen LogP contribution in [0.5, 0.6) is 5.75 Å². The van der Waals surface area contributed by atoms with Crippen LogP contribution in [0.2, 0.25) is 0 Å². The average molecular weight is 433 g/mol. The molecule has 1 aromatic carbocycles. The van der Waals surface area contributed by atoms with Crippen LogP contribution in [0.25, 0.3) is 10.2 Å². The number of benzene rings is 1. The zero-order chi connectivity index (χ0) is 20.6. The molecule has 0 aliphatic carbocycles. The fraction of sp³-hybridized carbons (Fsp3) is 0.400. The maximum absolute atomic E-state index is 13.5. The lowest BCUT2D eigenvalue weighted by Gasteiger charge is -2.29. The Bertz CT molecular complexity index is 1140. The summed E-state index contributed by atoms with van der Waals surface area (Å²) < 4.78 is 34.1. The second-order valence-corrected chi connectivity index (χ2v) is 10.4. The summed E-state index contributed by atoms with van der Waals surface area (Å²) in [4.78, 5) is 10.4. The van der Waals surface area contributed by atoms with Gasteiger partial charge in [0.25, 0.3) is 0 Å². The monoisotopic (exact) mass is 432 g/mol. The van der Waals surface area contributed by atoms with Crippen LogP contribution in [0.4, 0.5) is 11.5 Å². The molecule has 0 saturated carbocycles. The Morgan fingerprint density at radius 2 is 1.93 bits per heavy atom. The Kier molecular flexibility index (Phi) is 5.46. The van der Waals surface area contributed by atoms with Gasteiger partial charge >= 0.3 is 0 Å². The number of hydrogen-bond acceptors (Lipinski definition) is 7. The smallest absolute Gasteiger partial charge is 0.244 e. The topological polar surface area (TPSA) is 84.4 Å². The number of methoxy groups -OCH3 is 1. The van der Waals surface area contributed by atoms with Crippen molar-refractivity contribution in [2.24, 2.45) is 5.92 Å². The number of anilines is 2. The molecule has 0 spiro atoms. The predicted octanol–water partition coefficient (Wildman–Crippen LogP) is 4.17. The summed E-state index contributed by atoms with van der Waals surface area (Å²) in [6.45, 7) is 5.09. The van der Waals surface area contributed by atoms with Gasteiger partial charge in [0.05, 0.1) is 18.2 Å². The van der Waals surface area contributed by atoms with Gasteiger partial charge in [0.2, 0.25) is 10.0 Å². The van der Waals surface area contributed by atoms with Crippen LogP contribution in [0, 0.1) is 12.8 Å². The molecule has 0 unspecified atom stereocenters. The van der Waals surface area contributed by atoms with Crippen molar-refractivity contribution in [3.8, 4) is 5.75 Å². The third kappa shape index (κ3) is 3.70. The highest BCUT2D eigenvalue weighted by molar-refractivity contribution is 7.89. The van der Waals surface area contributed by atoms with Crippen LogP contribution in [-0.4, -0.2) is 42.9 Å². The van der Waals surface area contributed by atoms with E-state index in [-0.39, 0.29) is 0 Å². The minimum Gasteiger partial charge on any atom is -0.495 e. The molecule has 29 heavy (non-hydrogen) atoms. The summed E-state index contributed by atoms with van der Waals surface area (Å²) in [6.07, 6.45) is 3.21. The number of aromatic nitrogens is 2. The fourth-order valence-corrected chi connectivity index (χ4v) is 6.81. The third-order valence-corrected chi connectivity index (χ3v) is 8.52. The first kappa shape index (κ1) is 20.1. The van der Waals surface area contributed by atoms with Crippen molar-refractivity contribution in [1.82, 2.24) is 14.3 Å². The molecule has 2 aromatic heterocycles. The predicted molar refractivity (Wildman–Crippen MR) is 116 cm³/mol. The summed E-state index contributed by atoms with van der Waals surface area (Å²) in [5.74, 6) is 1.67. The highest BCUT2D eigenvalue weighted by atomic mass is 32.2. The molecule has 1 aliphatic rings. The third-order valence-electron chi connectivity index (χ3n) is 5.31. The first-order chi connectivity index (χ1) is 13.9. The van der Waals surface area contributed by atoms with Gasteiger partial charge in [-0.3, -0.25) is 0 Å². The summed E-state index contributed by atoms with van der Waals surface area (Å²) in [7, 11) is -2.04. The normalized spacial score (nSPS) is 16.2. The molecule has 7 nitrogen and oxygen atoms in total. The Hall–Kier alpha value is -2.23. The zero-order valence-electron chi connectivity index (χ0n) is 16.7. The van der Waals surface area contributed by atoms with Crippen molar-refractivity contribution in [2.75, 3.05) is 25.5 Å². The number of aryl methyl sites for hydroxylation is 1. The van der Waals surface area contributed by atoms with Crippen molar-refractivity contribution in [1.29, 1.82) is 0 Å². The van der Waals surface area contributed by atoms with Crippen LogP contribution >= 0.6 is 11.3 Å². The van der Waals surface area contributed by atoms with Crippen LogP contribution < -0.4 is 10.1 Å². The van der Waals surface area contributed by atoms with E-state index in [0.717, 1.165) is 17.7 Å². The molecule has 1 N–H and O–H groups in total. The van der Waals surface area contributed by atoms with Crippen molar-refractivity contribution < 1.29 is 13.2 Å². The molecule has 9 heteroatoms. The van der Waals surface area contributed by atoms with E-state index in [9.17, 15) is 8.42 Å². The van der Waals surface area contributed by atoms with Gasteiger partial charge in [0, 0.05) is 18.0 Å².